The zero-order valence-electron chi connectivity index (χ0n) is 15.1. The maximum atomic E-state index is 12.8. The zero-order chi connectivity index (χ0) is 18.7. The highest BCUT2D eigenvalue weighted by Gasteiger charge is 2.33. The van der Waals surface area contributed by atoms with Crippen LogP contribution in [0, 0.1) is 5.92 Å². The lowest BCUT2D eigenvalue weighted by Gasteiger charge is -2.30. The number of nitrogens with two attached hydrogens (primary N) is 1. The standard InChI is InChI=1S/C17H25N5O3S/c1-12(2)9-15(18)16-20-17(25-21-16)13-5-4-8-22(11-13)26(23,24)14-6-3-7-19-10-14/h3,6-7,10,12-13,15H,4-5,8-9,11,18H2,1-2H3. The molecule has 26 heavy (non-hydrogen) atoms. The molecule has 1 fully saturated rings. The molecule has 1 aliphatic heterocycles. The fraction of sp³-hybridized carbons (Fsp3) is 0.588. The second-order valence-corrected chi connectivity index (χ2v) is 9.06. The molecule has 8 nitrogen and oxygen atoms in total. The maximum Gasteiger partial charge on any atom is 0.244 e. The topological polar surface area (TPSA) is 115 Å². The zero-order valence-corrected chi connectivity index (χ0v) is 15.9. The largest absolute Gasteiger partial charge is 0.339 e. The minimum Gasteiger partial charge on any atom is -0.339 e. The number of rotatable bonds is 6. The van der Waals surface area contributed by atoms with Crippen LogP contribution in [0.1, 0.15) is 56.8 Å². The summed E-state index contributed by atoms with van der Waals surface area (Å²) < 4.78 is 32.5. The molecular formula is C17H25N5O3S. The lowest BCUT2D eigenvalue weighted by molar-refractivity contribution is 0.264. The molecule has 1 aliphatic rings. The molecule has 3 rings (SSSR count). The molecule has 9 heteroatoms. The Morgan fingerprint density at radius 2 is 2.23 bits per heavy atom. The quantitative estimate of drug-likeness (QED) is 0.817. The van der Waals surface area contributed by atoms with E-state index in [0.29, 0.717) is 30.7 Å². The molecule has 0 aliphatic carbocycles. The third kappa shape index (κ3) is 4.11. The Morgan fingerprint density at radius 3 is 2.92 bits per heavy atom. The minimum atomic E-state index is -3.57. The summed E-state index contributed by atoms with van der Waals surface area (Å²) in [5.74, 6) is 1.26. The van der Waals surface area contributed by atoms with Crippen molar-refractivity contribution in [1.29, 1.82) is 0 Å². The molecule has 0 bridgehead atoms. The summed E-state index contributed by atoms with van der Waals surface area (Å²) in [7, 11) is -3.57. The first-order chi connectivity index (χ1) is 12.4. The number of pyridine rings is 1. The van der Waals surface area contributed by atoms with Gasteiger partial charge < -0.3 is 10.3 Å². The van der Waals surface area contributed by atoms with Gasteiger partial charge in [-0.1, -0.05) is 19.0 Å². The third-order valence-electron chi connectivity index (χ3n) is 4.52. The van der Waals surface area contributed by atoms with Gasteiger partial charge in [0.15, 0.2) is 5.82 Å². The van der Waals surface area contributed by atoms with Crippen molar-refractivity contribution < 1.29 is 12.9 Å². The van der Waals surface area contributed by atoms with Crippen LogP contribution in [0.4, 0.5) is 0 Å². The van der Waals surface area contributed by atoms with Crippen molar-refractivity contribution in [3.8, 4) is 0 Å². The molecule has 2 unspecified atom stereocenters. The first-order valence-corrected chi connectivity index (χ1v) is 10.3. The Hall–Kier alpha value is -1.84. The van der Waals surface area contributed by atoms with Gasteiger partial charge in [-0.05, 0) is 37.3 Å². The fourth-order valence-electron chi connectivity index (χ4n) is 3.19. The van der Waals surface area contributed by atoms with Crippen LogP contribution in [0.5, 0.6) is 0 Å². The van der Waals surface area contributed by atoms with Crippen LogP contribution in [0.3, 0.4) is 0 Å². The van der Waals surface area contributed by atoms with E-state index in [-0.39, 0.29) is 16.9 Å². The average molecular weight is 379 g/mol. The number of nitrogens with zero attached hydrogens (tertiary/aromatic N) is 4. The highest BCUT2D eigenvalue weighted by atomic mass is 32.2. The Kier molecular flexibility index (Phi) is 5.69. The van der Waals surface area contributed by atoms with Crippen LogP contribution in [0.2, 0.25) is 0 Å². The number of sulfonamides is 1. The van der Waals surface area contributed by atoms with Crippen LogP contribution >= 0.6 is 0 Å². The average Bonchev–Trinajstić information content (AvgIpc) is 3.12. The molecule has 1 saturated heterocycles. The van der Waals surface area contributed by atoms with Crippen molar-refractivity contribution in [3.63, 3.8) is 0 Å². The normalized spacial score (nSPS) is 20.4. The van der Waals surface area contributed by atoms with E-state index in [9.17, 15) is 8.42 Å². The summed E-state index contributed by atoms with van der Waals surface area (Å²) in [5, 5.41) is 4.00. The van der Waals surface area contributed by atoms with E-state index in [0.717, 1.165) is 19.3 Å². The van der Waals surface area contributed by atoms with Gasteiger partial charge in [0.25, 0.3) is 0 Å². The molecule has 0 spiro atoms. The first-order valence-electron chi connectivity index (χ1n) is 8.87. The summed E-state index contributed by atoms with van der Waals surface area (Å²) in [6, 6.07) is 2.91. The van der Waals surface area contributed by atoms with Crippen molar-refractivity contribution in [3.05, 3.63) is 36.2 Å². The summed E-state index contributed by atoms with van der Waals surface area (Å²) in [4.78, 5) is 8.55. The highest BCUT2D eigenvalue weighted by Crippen LogP contribution is 2.30. The molecule has 142 valence electrons. The van der Waals surface area contributed by atoms with Gasteiger partial charge in [-0.15, -0.1) is 0 Å². The summed E-state index contributed by atoms with van der Waals surface area (Å²) in [6.45, 7) is 4.96. The van der Waals surface area contributed by atoms with Crippen molar-refractivity contribution >= 4 is 10.0 Å². The van der Waals surface area contributed by atoms with E-state index in [4.69, 9.17) is 10.3 Å². The predicted octanol–water partition coefficient (Wildman–Crippen LogP) is 2.08. The Labute approximate surface area is 153 Å². The van der Waals surface area contributed by atoms with Crippen LogP contribution in [0.15, 0.2) is 33.9 Å². The van der Waals surface area contributed by atoms with E-state index in [1.165, 1.54) is 10.5 Å². The van der Waals surface area contributed by atoms with Crippen molar-refractivity contribution in [2.24, 2.45) is 11.7 Å². The van der Waals surface area contributed by atoms with Gasteiger partial charge in [-0.25, -0.2) is 8.42 Å². The molecule has 2 atom stereocenters. The van der Waals surface area contributed by atoms with Crippen LogP contribution in [-0.2, 0) is 10.0 Å². The smallest absolute Gasteiger partial charge is 0.244 e. The SMILES string of the molecule is CC(C)CC(N)c1noc(C2CCCN(S(=O)(=O)c3cccnc3)C2)n1. The van der Waals surface area contributed by atoms with Gasteiger partial charge in [-0.3, -0.25) is 4.98 Å². The molecule has 2 N–H and O–H groups in total. The van der Waals surface area contributed by atoms with Crippen molar-refractivity contribution in [1.82, 2.24) is 19.4 Å². The second-order valence-electron chi connectivity index (χ2n) is 7.12. The molecule has 0 amide bonds. The molecule has 0 radical (unpaired) electrons. The highest BCUT2D eigenvalue weighted by molar-refractivity contribution is 7.89. The lowest BCUT2D eigenvalue weighted by atomic mass is 9.99. The number of piperidine rings is 1. The molecule has 0 aromatic carbocycles. The second kappa shape index (κ2) is 7.81. The van der Waals surface area contributed by atoms with Crippen molar-refractivity contribution in [2.75, 3.05) is 13.1 Å². The molecule has 0 saturated carbocycles. The predicted molar refractivity (Wildman–Crippen MR) is 95.7 cm³/mol. The van der Waals surface area contributed by atoms with Crippen molar-refractivity contribution in [2.45, 2.75) is 50.0 Å². The van der Waals surface area contributed by atoms with Crippen LogP contribution < -0.4 is 5.73 Å². The molecule has 2 aromatic heterocycles. The number of hydrogen-bond acceptors (Lipinski definition) is 7. The number of hydrogen-bond donors (Lipinski definition) is 1. The molecular weight excluding hydrogens is 354 g/mol. The van der Waals surface area contributed by atoms with Crippen LogP contribution in [0.25, 0.3) is 0 Å². The minimum absolute atomic E-state index is 0.123. The van der Waals surface area contributed by atoms with Gasteiger partial charge in [-0.2, -0.15) is 9.29 Å². The maximum absolute atomic E-state index is 12.8. The molecule has 3 heterocycles. The van der Waals surface area contributed by atoms with E-state index in [1.807, 2.05) is 0 Å². The first kappa shape index (κ1) is 18.9. The van der Waals surface area contributed by atoms with Gasteiger partial charge in [0.1, 0.15) is 4.90 Å². The van der Waals surface area contributed by atoms with E-state index < -0.39 is 10.0 Å². The summed E-state index contributed by atoms with van der Waals surface area (Å²) >= 11 is 0. The van der Waals surface area contributed by atoms with Gasteiger partial charge in [0.05, 0.1) is 12.0 Å². The monoisotopic (exact) mass is 379 g/mol. The van der Waals surface area contributed by atoms with Gasteiger partial charge >= 0.3 is 0 Å². The Bertz CT molecular complexity index is 822. The van der Waals surface area contributed by atoms with Gasteiger partial charge in [0, 0.05) is 25.5 Å². The van der Waals surface area contributed by atoms with E-state index in [2.05, 4.69) is 29.0 Å². The number of aromatic nitrogens is 3. The van der Waals surface area contributed by atoms with E-state index >= 15 is 0 Å². The summed E-state index contributed by atoms with van der Waals surface area (Å²) in [6.07, 6.45) is 5.23. The van der Waals surface area contributed by atoms with E-state index in [1.54, 1.807) is 18.3 Å². The molecule has 2 aromatic rings. The third-order valence-corrected chi connectivity index (χ3v) is 6.37. The van der Waals surface area contributed by atoms with Gasteiger partial charge in [0.2, 0.25) is 15.9 Å². The Morgan fingerprint density at radius 1 is 1.42 bits per heavy atom. The Balaban J connectivity index is 1.74. The summed E-state index contributed by atoms with van der Waals surface area (Å²) in [5.41, 5.74) is 6.11. The van der Waals surface area contributed by atoms with Crippen LogP contribution in [-0.4, -0.2) is 40.9 Å². The fourth-order valence-corrected chi connectivity index (χ4v) is 4.68. The lowest BCUT2D eigenvalue weighted by Crippen LogP contribution is -2.39.